The number of ether oxygens (including phenoxy) is 1. The molecule has 1 heterocycles. The molecular formula is C29H36FN3O3. The molecular weight excluding hydrogens is 457 g/mol. The quantitative estimate of drug-likeness (QED) is 0.301. The number of carbonyl (C=O) groups excluding carboxylic acids is 2. The van der Waals surface area contributed by atoms with Gasteiger partial charge in [-0.15, -0.1) is 0 Å². The Morgan fingerprint density at radius 3 is 2.31 bits per heavy atom. The molecule has 0 aliphatic rings. The molecule has 0 atom stereocenters. The van der Waals surface area contributed by atoms with E-state index in [-0.39, 0.29) is 24.2 Å². The molecule has 0 saturated heterocycles. The molecule has 0 bridgehead atoms. The van der Waals surface area contributed by atoms with Gasteiger partial charge in [0.05, 0.1) is 13.1 Å². The molecule has 0 saturated carbocycles. The zero-order chi connectivity index (χ0) is 25.8. The Labute approximate surface area is 213 Å². The van der Waals surface area contributed by atoms with E-state index in [0.717, 1.165) is 16.8 Å². The fourth-order valence-corrected chi connectivity index (χ4v) is 4.05. The Kier molecular flexibility index (Phi) is 10.7. The number of nitrogens with zero attached hydrogens (tertiary/aromatic N) is 3. The number of hydrogen-bond donors (Lipinski definition) is 0. The number of halogens is 1. The topological polar surface area (TPSA) is 54.8 Å². The van der Waals surface area contributed by atoms with Crippen molar-refractivity contribution in [2.24, 2.45) is 0 Å². The van der Waals surface area contributed by atoms with Gasteiger partial charge in [0.2, 0.25) is 11.8 Å². The highest BCUT2D eigenvalue weighted by molar-refractivity contribution is 5.84. The van der Waals surface area contributed by atoms with Crippen LogP contribution in [0.25, 0.3) is 0 Å². The summed E-state index contributed by atoms with van der Waals surface area (Å²) in [5.41, 5.74) is 2.96. The van der Waals surface area contributed by atoms with Crippen LogP contribution >= 0.6 is 0 Å². The molecule has 3 rings (SSSR count). The molecule has 2 aromatic carbocycles. The molecule has 0 aliphatic carbocycles. The molecule has 0 fully saturated rings. The predicted molar refractivity (Wildman–Crippen MR) is 139 cm³/mol. The minimum atomic E-state index is -0.265. The minimum Gasteiger partial charge on any atom is -0.382 e. The summed E-state index contributed by atoms with van der Waals surface area (Å²) in [5.74, 6) is -0.413. The molecule has 3 aromatic rings. The van der Waals surface area contributed by atoms with E-state index < -0.39 is 0 Å². The van der Waals surface area contributed by atoms with Crippen LogP contribution < -0.4 is 0 Å². The van der Waals surface area contributed by atoms with Crippen molar-refractivity contribution in [3.05, 3.63) is 95.6 Å². The normalized spacial score (nSPS) is 10.9. The van der Waals surface area contributed by atoms with Crippen LogP contribution in [0.5, 0.6) is 0 Å². The molecule has 0 unspecified atom stereocenters. The first-order chi connectivity index (χ1) is 17.5. The number of aromatic nitrogens is 1. The lowest BCUT2D eigenvalue weighted by Gasteiger charge is -2.28. The van der Waals surface area contributed by atoms with E-state index in [1.807, 2.05) is 62.5 Å². The minimum absolute atomic E-state index is 0.0320. The van der Waals surface area contributed by atoms with E-state index in [2.05, 4.69) is 4.57 Å². The number of carbonyl (C=O) groups is 2. The summed E-state index contributed by atoms with van der Waals surface area (Å²) >= 11 is 0. The van der Waals surface area contributed by atoms with Crippen LogP contribution in [0.4, 0.5) is 4.39 Å². The summed E-state index contributed by atoms with van der Waals surface area (Å²) in [7, 11) is 0. The van der Waals surface area contributed by atoms with Crippen LogP contribution in [-0.4, -0.2) is 52.5 Å². The van der Waals surface area contributed by atoms with Crippen LogP contribution in [0.2, 0.25) is 0 Å². The van der Waals surface area contributed by atoms with Gasteiger partial charge in [0.15, 0.2) is 0 Å². The van der Waals surface area contributed by atoms with Crippen molar-refractivity contribution in [3.63, 3.8) is 0 Å². The maximum atomic E-state index is 13.6. The summed E-state index contributed by atoms with van der Waals surface area (Å²) < 4.78 is 20.8. The monoisotopic (exact) mass is 493 g/mol. The third kappa shape index (κ3) is 8.34. The molecule has 0 N–H and O–H groups in total. The molecule has 2 amide bonds. The third-order valence-electron chi connectivity index (χ3n) is 6.01. The first kappa shape index (κ1) is 27.1. The lowest BCUT2D eigenvalue weighted by Crippen LogP contribution is -2.43. The summed E-state index contributed by atoms with van der Waals surface area (Å²) in [5, 5.41) is 0. The Balaban J connectivity index is 1.76. The predicted octanol–water partition coefficient (Wildman–Crippen LogP) is 4.87. The van der Waals surface area contributed by atoms with Gasteiger partial charge in [-0.3, -0.25) is 9.59 Å². The summed E-state index contributed by atoms with van der Waals surface area (Å²) in [6, 6.07) is 20.2. The van der Waals surface area contributed by atoms with E-state index in [1.54, 1.807) is 21.9 Å². The van der Waals surface area contributed by atoms with Crippen LogP contribution in [0, 0.1) is 5.82 Å². The average Bonchev–Trinajstić information content (AvgIpc) is 3.33. The Morgan fingerprint density at radius 1 is 0.861 bits per heavy atom. The molecule has 192 valence electrons. The maximum Gasteiger partial charge on any atom is 0.242 e. The Hall–Kier alpha value is -3.45. The van der Waals surface area contributed by atoms with Gasteiger partial charge >= 0.3 is 0 Å². The van der Waals surface area contributed by atoms with Gasteiger partial charge in [-0.1, -0.05) is 49.4 Å². The highest BCUT2D eigenvalue weighted by atomic mass is 19.1. The zero-order valence-corrected chi connectivity index (χ0v) is 21.2. The highest BCUT2D eigenvalue weighted by Gasteiger charge is 2.22. The second kappa shape index (κ2) is 14.2. The lowest BCUT2D eigenvalue weighted by molar-refractivity contribution is -0.141. The lowest BCUT2D eigenvalue weighted by atomic mass is 10.2. The van der Waals surface area contributed by atoms with Gasteiger partial charge in [-0.05, 0) is 48.7 Å². The molecule has 0 aliphatic heterocycles. The van der Waals surface area contributed by atoms with Crippen molar-refractivity contribution in [1.82, 2.24) is 14.4 Å². The van der Waals surface area contributed by atoms with E-state index in [9.17, 15) is 14.0 Å². The van der Waals surface area contributed by atoms with E-state index >= 15 is 0 Å². The summed E-state index contributed by atoms with van der Waals surface area (Å²) in [4.78, 5) is 29.6. The third-order valence-corrected chi connectivity index (χ3v) is 6.01. The van der Waals surface area contributed by atoms with E-state index in [4.69, 9.17) is 4.74 Å². The smallest absolute Gasteiger partial charge is 0.242 e. The van der Waals surface area contributed by atoms with E-state index in [1.165, 1.54) is 12.1 Å². The van der Waals surface area contributed by atoms with Crippen LogP contribution in [0.1, 0.15) is 43.5 Å². The zero-order valence-electron chi connectivity index (χ0n) is 21.2. The standard InChI is InChI=1S/C29H36FN3O3/c1-3-28(34)32(18-9-19-36-4-2)23-29(35)33(21-24-10-6-5-7-11-24)22-27-12-8-17-31(27)20-25-13-15-26(30)16-14-25/h5-8,10-17H,3-4,9,18-23H2,1-2H3. The van der Waals surface area contributed by atoms with Gasteiger partial charge < -0.3 is 19.1 Å². The first-order valence-electron chi connectivity index (χ1n) is 12.6. The maximum absolute atomic E-state index is 13.6. The molecule has 1 aromatic heterocycles. The SMILES string of the molecule is CCOCCCN(CC(=O)N(Cc1ccccc1)Cc1cccn1Cc1ccc(F)cc1)C(=O)CC. The van der Waals surface area contributed by atoms with Gasteiger partial charge in [-0.25, -0.2) is 4.39 Å². The molecule has 0 spiro atoms. The van der Waals surface area contributed by atoms with Crippen molar-refractivity contribution < 1.29 is 18.7 Å². The Bertz CT molecular complexity index is 1080. The number of rotatable bonds is 14. The molecule has 7 heteroatoms. The fourth-order valence-electron chi connectivity index (χ4n) is 4.05. The molecule has 36 heavy (non-hydrogen) atoms. The van der Waals surface area contributed by atoms with Crippen molar-refractivity contribution in [2.45, 2.75) is 46.3 Å². The number of amides is 2. The van der Waals surface area contributed by atoms with Gasteiger partial charge in [-0.2, -0.15) is 0 Å². The van der Waals surface area contributed by atoms with Crippen molar-refractivity contribution in [2.75, 3.05) is 26.3 Å². The average molecular weight is 494 g/mol. The van der Waals surface area contributed by atoms with Gasteiger partial charge in [0, 0.05) is 51.2 Å². The summed E-state index contributed by atoms with van der Waals surface area (Å²) in [6.07, 6.45) is 3.00. The number of hydrogen-bond acceptors (Lipinski definition) is 3. The summed E-state index contributed by atoms with van der Waals surface area (Å²) in [6.45, 7) is 6.87. The first-order valence-corrected chi connectivity index (χ1v) is 12.6. The van der Waals surface area contributed by atoms with Crippen molar-refractivity contribution in [1.29, 1.82) is 0 Å². The van der Waals surface area contributed by atoms with Gasteiger partial charge in [0.25, 0.3) is 0 Å². The van der Waals surface area contributed by atoms with Crippen LogP contribution in [-0.2, 0) is 34.0 Å². The van der Waals surface area contributed by atoms with Gasteiger partial charge in [0.1, 0.15) is 5.82 Å². The largest absolute Gasteiger partial charge is 0.382 e. The van der Waals surface area contributed by atoms with Crippen LogP contribution in [0.15, 0.2) is 72.9 Å². The van der Waals surface area contributed by atoms with Crippen LogP contribution in [0.3, 0.4) is 0 Å². The van der Waals surface area contributed by atoms with E-state index in [0.29, 0.717) is 52.2 Å². The second-order valence-electron chi connectivity index (χ2n) is 8.71. The van der Waals surface area contributed by atoms with Crippen molar-refractivity contribution >= 4 is 11.8 Å². The number of benzene rings is 2. The molecule has 0 radical (unpaired) electrons. The highest BCUT2D eigenvalue weighted by Crippen LogP contribution is 2.15. The van der Waals surface area contributed by atoms with Crippen molar-refractivity contribution in [3.8, 4) is 0 Å². The Morgan fingerprint density at radius 2 is 1.61 bits per heavy atom. The second-order valence-corrected chi connectivity index (χ2v) is 8.71. The molecule has 6 nitrogen and oxygen atoms in total. The fraction of sp³-hybridized carbons (Fsp3) is 0.379.